The van der Waals surface area contributed by atoms with Crippen LogP contribution in [0.5, 0.6) is 0 Å². The molecule has 1 aliphatic rings. The lowest BCUT2D eigenvalue weighted by Crippen LogP contribution is -2.47. The average molecular weight is 179 g/mol. The molecule has 1 aliphatic carbocycles. The first-order valence-electron chi connectivity index (χ1n) is 5.13. The van der Waals surface area contributed by atoms with E-state index in [1.807, 2.05) is 6.08 Å². The second-order valence-electron chi connectivity index (χ2n) is 4.58. The summed E-state index contributed by atoms with van der Waals surface area (Å²) in [4.78, 5) is 0. The molecule has 0 heterocycles. The summed E-state index contributed by atoms with van der Waals surface area (Å²) in [6, 6.07) is 0.164. The molecule has 74 valence electrons. The molecule has 0 fully saturated rings. The van der Waals surface area contributed by atoms with Crippen LogP contribution in [0.15, 0.2) is 24.3 Å². The van der Waals surface area contributed by atoms with Crippen LogP contribution in [-0.4, -0.2) is 6.04 Å². The van der Waals surface area contributed by atoms with Crippen molar-refractivity contribution in [1.82, 2.24) is 0 Å². The highest BCUT2D eigenvalue weighted by molar-refractivity contribution is 5.24. The number of allylic oxidation sites excluding steroid dienone is 2. The standard InChI is InChI=1S/C12H21N/c1-9(2)12(10(3)4)8-6-5-7-11(12)13/h5-11H,13H2,1-4H3. The average Bonchev–Trinajstić information content (AvgIpc) is 2.04. The zero-order valence-electron chi connectivity index (χ0n) is 9.12. The molecule has 0 aromatic carbocycles. The monoisotopic (exact) mass is 179 g/mol. The van der Waals surface area contributed by atoms with E-state index in [-0.39, 0.29) is 11.5 Å². The van der Waals surface area contributed by atoms with E-state index in [1.54, 1.807) is 0 Å². The Kier molecular flexibility index (Phi) is 2.97. The maximum Gasteiger partial charge on any atom is 0.0324 e. The minimum Gasteiger partial charge on any atom is -0.324 e. The van der Waals surface area contributed by atoms with Gasteiger partial charge in [0.15, 0.2) is 0 Å². The molecule has 1 atom stereocenters. The Hall–Kier alpha value is -0.560. The molecule has 0 radical (unpaired) electrons. The lowest BCUT2D eigenvalue weighted by molar-refractivity contribution is 0.156. The molecule has 0 aromatic rings. The number of hydrogen-bond donors (Lipinski definition) is 1. The third kappa shape index (κ3) is 1.58. The van der Waals surface area contributed by atoms with Gasteiger partial charge < -0.3 is 5.73 Å². The fourth-order valence-electron chi connectivity index (χ4n) is 2.51. The van der Waals surface area contributed by atoms with Crippen molar-refractivity contribution in [2.24, 2.45) is 23.0 Å². The van der Waals surface area contributed by atoms with Gasteiger partial charge >= 0.3 is 0 Å². The molecule has 0 bridgehead atoms. The van der Waals surface area contributed by atoms with Gasteiger partial charge in [0.05, 0.1) is 0 Å². The molecule has 1 unspecified atom stereocenters. The van der Waals surface area contributed by atoms with Gasteiger partial charge in [-0.1, -0.05) is 52.0 Å². The van der Waals surface area contributed by atoms with Crippen LogP contribution in [0, 0.1) is 17.3 Å². The van der Waals surface area contributed by atoms with Gasteiger partial charge in [-0.3, -0.25) is 0 Å². The van der Waals surface area contributed by atoms with Gasteiger partial charge in [0, 0.05) is 11.5 Å². The Morgan fingerprint density at radius 2 is 1.62 bits per heavy atom. The first kappa shape index (κ1) is 10.5. The van der Waals surface area contributed by atoms with Crippen molar-refractivity contribution in [3.8, 4) is 0 Å². The number of nitrogens with two attached hydrogens (primary N) is 1. The summed E-state index contributed by atoms with van der Waals surface area (Å²) in [6.07, 6.45) is 8.57. The molecule has 0 saturated heterocycles. The van der Waals surface area contributed by atoms with Crippen LogP contribution in [-0.2, 0) is 0 Å². The van der Waals surface area contributed by atoms with Gasteiger partial charge in [-0.15, -0.1) is 0 Å². The Morgan fingerprint density at radius 1 is 1.08 bits per heavy atom. The largest absolute Gasteiger partial charge is 0.324 e. The normalized spacial score (nSPS) is 25.9. The smallest absolute Gasteiger partial charge is 0.0324 e. The quantitative estimate of drug-likeness (QED) is 0.693. The first-order valence-corrected chi connectivity index (χ1v) is 5.13. The highest BCUT2D eigenvalue weighted by Gasteiger charge is 2.39. The molecule has 0 amide bonds. The van der Waals surface area contributed by atoms with Crippen molar-refractivity contribution in [2.45, 2.75) is 33.7 Å². The second-order valence-corrected chi connectivity index (χ2v) is 4.58. The van der Waals surface area contributed by atoms with E-state index < -0.39 is 0 Å². The molecule has 13 heavy (non-hydrogen) atoms. The van der Waals surface area contributed by atoms with Gasteiger partial charge in [-0.2, -0.15) is 0 Å². The maximum atomic E-state index is 6.18. The Morgan fingerprint density at radius 3 is 1.92 bits per heavy atom. The first-order chi connectivity index (χ1) is 6.01. The van der Waals surface area contributed by atoms with Crippen LogP contribution < -0.4 is 5.73 Å². The molecule has 2 N–H and O–H groups in total. The molecular formula is C12H21N. The molecular weight excluding hydrogens is 158 g/mol. The summed E-state index contributed by atoms with van der Waals surface area (Å²) >= 11 is 0. The molecule has 0 aromatic heterocycles. The summed E-state index contributed by atoms with van der Waals surface area (Å²) < 4.78 is 0. The Bertz CT molecular complexity index is 215. The summed E-state index contributed by atoms with van der Waals surface area (Å²) in [5, 5.41) is 0. The van der Waals surface area contributed by atoms with Crippen LogP contribution in [0.1, 0.15) is 27.7 Å². The van der Waals surface area contributed by atoms with E-state index in [0.29, 0.717) is 11.8 Å². The third-order valence-electron chi connectivity index (χ3n) is 3.39. The van der Waals surface area contributed by atoms with Crippen molar-refractivity contribution in [1.29, 1.82) is 0 Å². The van der Waals surface area contributed by atoms with Crippen LogP contribution in [0.25, 0.3) is 0 Å². The molecule has 1 heteroatoms. The minimum atomic E-state index is 0.148. The van der Waals surface area contributed by atoms with Gasteiger partial charge in [0.1, 0.15) is 0 Å². The van der Waals surface area contributed by atoms with E-state index in [1.165, 1.54) is 0 Å². The highest BCUT2D eigenvalue weighted by atomic mass is 14.7. The van der Waals surface area contributed by atoms with Crippen molar-refractivity contribution in [2.75, 3.05) is 0 Å². The molecule has 1 rings (SSSR count). The second kappa shape index (κ2) is 3.67. The fourth-order valence-corrected chi connectivity index (χ4v) is 2.51. The minimum absolute atomic E-state index is 0.148. The van der Waals surface area contributed by atoms with Gasteiger partial charge in [-0.05, 0) is 11.8 Å². The lowest BCUT2D eigenvalue weighted by Gasteiger charge is -2.44. The zero-order valence-corrected chi connectivity index (χ0v) is 9.12. The van der Waals surface area contributed by atoms with E-state index >= 15 is 0 Å². The van der Waals surface area contributed by atoms with E-state index in [4.69, 9.17) is 5.73 Å². The topological polar surface area (TPSA) is 26.0 Å². The fraction of sp³-hybridized carbons (Fsp3) is 0.667. The van der Waals surface area contributed by atoms with E-state index in [9.17, 15) is 0 Å². The van der Waals surface area contributed by atoms with Gasteiger partial charge in [0.25, 0.3) is 0 Å². The van der Waals surface area contributed by atoms with Crippen LogP contribution in [0.4, 0.5) is 0 Å². The molecule has 0 spiro atoms. The predicted octanol–water partition coefficient (Wildman–Crippen LogP) is 2.74. The number of hydrogen-bond acceptors (Lipinski definition) is 1. The highest BCUT2D eigenvalue weighted by Crippen LogP contribution is 2.41. The maximum absolute atomic E-state index is 6.18. The summed E-state index contributed by atoms with van der Waals surface area (Å²) in [6.45, 7) is 9.01. The van der Waals surface area contributed by atoms with Gasteiger partial charge in [0.2, 0.25) is 0 Å². The summed E-state index contributed by atoms with van der Waals surface area (Å²) in [7, 11) is 0. The lowest BCUT2D eigenvalue weighted by atomic mass is 9.63. The van der Waals surface area contributed by atoms with E-state index in [2.05, 4.69) is 45.9 Å². The third-order valence-corrected chi connectivity index (χ3v) is 3.39. The van der Waals surface area contributed by atoms with Crippen molar-refractivity contribution in [3.05, 3.63) is 24.3 Å². The summed E-state index contributed by atoms with van der Waals surface area (Å²) in [5.41, 5.74) is 6.33. The molecule has 0 saturated carbocycles. The van der Waals surface area contributed by atoms with Crippen LogP contribution >= 0.6 is 0 Å². The van der Waals surface area contributed by atoms with Crippen LogP contribution in [0.3, 0.4) is 0 Å². The SMILES string of the molecule is CC(C)C1(C(C)C)C=CC=CC1N. The summed E-state index contributed by atoms with van der Waals surface area (Å²) in [5.74, 6) is 1.17. The van der Waals surface area contributed by atoms with Crippen molar-refractivity contribution in [3.63, 3.8) is 0 Å². The Balaban J connectivity index is 3.03. The predicted molar refractivity (Wildman–Crippen MR) is 58.4 cm³/mol. The van der Waals surface area contributed by atoms with Crippen molar-refractivity contribution < 1.29 is 0 Å². The molecule has 0 aliphatic heterocycles. The Labute approximate surface area is 81.7 Å². The van der Waals surface area contributed by atoms with Gasteiger partial charge in [-0.25, -0.2) is 0 Å². The zero-order chi connectivity index (χ0) is 10.1. The number of rotatable bonds is 2. The van der Waals surface area contributed by atoms with E-state index in [0.717, 1.165) is 0 Å². The van der Waals surface area contributed by atoms with Crippen molar-refractivity contribution >= 4 is 0 Å². The molecule has 1 nitrogen and oxygen atoms in total. The van der Waals surface area contributed by atoms with Crippen LogP contribution in [0.2, 0.25) is 0 Å².